The Bertz CT molecular complexity index is 1110. The molecule has 0 unspecified atom stereocenters. The van der Waals surface area contributed by atoms with Crippen molar-refractivity contribution < 1.29 is 19.1 Å². The number of likely N-dealkylation sites (tertiary alicyclic amines) is 1. The van der Waals surface area contributed by atoms with Gasteiger partial charge in [-0.3, -0.25) is 14.2 Å². The molecule has 2 heterocycles. The Morgan fingerprint density at radius 2 is 1.81 bits per heavy atom. The molecule has 1 fully saturated rings. The fourth-order valence-electron chi connectivity index (χ4n) is 3.55. The molecule has 1 amide bonds. The maximum Gasteiger partial charge on any atom is 0.333 e. The van der Waals surface area contributed by atoms with E-state index < -0.39 is 5.97 Å². The molecule has 0 atom stereocenters. The quantitative estimate of drug-likeness (QED) is 0.591. The van der Waals surface area contributed by atoms with Crippen LogP contribution in [-0.4, -0.2) is 47.6 Å². The van der Waals surface area contributed by atoms with Crippen molar-refractivity contribution in [3.63, 3.8) is 0 Å². The van der Waals surface area contributed by atoms with Crippen LogP contribution in [0.4, 0.5) is 0 Å². The van der Waals surface area contributed by atoms with E-state index in [1.165, 1.54) is 22.0 Å². The smallest absolute Gasteiger partial charge is 0.333 e. The van der Waals surface area contributed by atoms with Crippen molar-refractivity contribution in [3.8, 4) is 5.75 Å². The summed E-state index contributed by atoms with van der Waals surface area (Å²) in [6.45, 7) is 7.94. The zero-order valence-electron chi connectivity index (χ0n) is 18.8. The first-order valence-electron chi connectivity index (χ1n) is 11.0. The highest BCUT2D eigenvalue weighted by Crippen LogP contribution is 2.16. The molecule has 1 aliphatic rings. The molecule has 3 rings (SSSR count). The number of piperidine rings is 1. The predicted molar refractivity (Wildman–Crippen MR) is 125 cm³/mol. The second-order valence-electron chi connectivity index (χ2n) is 7.80. The molecule has 0 N–H and O–H groups in total. The van der Waals surface area contributed by atoms with Crippen molar-refractivity contribution >= 4 is 35.4 Å². The van der Waals surface area contributed by atoms with Crippen molar-refractivity contribution in [1.82, 2.24) is 9.47 Å². The Kier molecular flexibility index (Phi) is 8.27. The van der Waals surface area contributed by atoms with Crippen molar-refractivity contribution in [3.05, 3.63) is 49.4 Å². The lowest BCUT2D eigenvalue weighted by molar-refractivity contribution is -0.136. The average molecular weight is 459 g/mol. The minimum atomic E-state index is -0.533. The van der Waals surface area contributed by atoms with Crippen LogP contribution in [0.1, 0.15) is 39.2 Å². The molecular weight excluding hydrogens is 428 g/mol. The molecule has 1 aliphatic heterocycles. The van der Waals surface area contributed by atoms with E-state index in [-0.39, 0.29) is 24.6 Å². The Labute approximate surface area is 191 Å². The van der Waals surface area contributed by atoms with E-state index in [9.17, 15) is 14.4 Å². The van der Waals surface area contributed by atoms with E-state index in [1.807, 2.05) is 31.2 Å². The van der Waals surface area contributed by atoms with Gasteiger partial charge in [-0.2, -0.15) is 0 Å². The number of amides is 1. The lowest BCUT2D eigenvalue weighted by atomic mass is 9.99. The summed E-state index contributed by atoms with van der Waals surface area (Å²) < 4.78 is 12.7. The highest BCUT2D eigenvalue weighted by molar-refractivity contribution is 7.07. The van der Waals surface area contributed by atoms with Gasteiger partial charge in [0.25, 0.3) is 5.56 Å². The van der Waals surface area contributed by atoms with Crippen LogP contribution in [0.5, 0.6) is 5.75 Å². The van der Waals surface area contributed by atoms with E-state index in [2.05, 4.69) is 6.92 Å². The minimum absolute atomic E-state index is 0.0912. The average Bonchev–Trinajstić information content (AvgIpc) is 3.04. The number of hydrogen-bond donors (Lipinski definition) is 0. The molecule has 7 nitrogen and oxygen atoms in total. The van der Waals surface area contributed by atoms with Gasteiger partial charge in [0.1, 0.15) is 17.0 Å². The number of carbonyl (C=O) groups excluding carboxylic acids is 2. The van der Waals surface area contributed by atoms with Crippen LogP contribution < -0.4 is 19.5 Å². The summed E-state index contributed by atoms with van der Waals surface area (Å²) in [6.07, 6.45) is 4.97. The number of nitrogens with zero attached hydrogens (tertiary/aromatic N) is 2. The molecule has 0 radical (unpaired) electrons. The van der Waals surface area contributed by atoms with E-state index in [1.54, 1.807) is 17.9 Å². The Balaban J connectivity index is 1.95. The number of esters is 1. The highest BCUT2D eigenvalue weighted by atomic mass is 32.1. The third-order valence-corrected chi connectivity index (χ3v) is 6.44. The summed E-state index contributed by atoms with van der Waals surface area (Å²) >= 11 is 1.18. The maximum absolute atomic E-state index is 13.1. The largest absolute Gasteiger partial charge is 0.494 e. The SMILES string of the molecule is CCOC(=O)/C=c1\s/c(=C\c2ccc(OCC)cc2)c(=O)n1CC(=O)N1CCC(C)CC1. The molecule has 1 saturated heterocycles. The lowest BCUT2D eigenvalue weighted by Crippen LogP contribution is -2.43. The van der Waals surface area contributed by atoms with Gasteiger partial charge < -0.3 is 14.4 Å². The van der Waals surface area contributed by atoms with E-state index in [4.69, 9.17) is 9.47 Å². The van der Waals surface area contributed by atoms with Gasteiger partial charge >= 0.3 is 5.97 Å². The van der Waals surface area contributed by atoms with Crippen molar-refractivity contribution in [1.29, 1.82) is 0 Å². The van der Waals surface area contributed by atoms with Crippen LogP contribution in [-0.2, 0) is 20.9 Å². The van der Waals surface area contributed by atoms with Crippen LogP contribution in [0.3, 0.4) is 0 Å². The summed E-state index contributed by atoms with van der Waals surface area (Å²) in [6, 6.07) is 7.41. The minimum Gasteiger partial charge on any atom is -0.494 e. The first-order chi connectivity index (χ1) is 15.4. The van der Waals surface area contributed by atoms with E-state index in [0.717, 1.165) is 24.2 Å². The van der Waals surface area contributed by atoms with E-state index in [0.29, 0.717) is 34.8 Å². The molecule has 0 spiro atoms. The number of hydrogen-bond acceptors (Lipinski definition) is 6. The number of aromatic nitrogens is 1. The monoisotopic (exact) mass is 458 g/mol. The molecule has 172 valence electrons. The molecule has 2 aromatic rings. The molecule has 1 aromatic heterocycles. The number of thiazole rings is 1. The van der Waals surface area contributed by atoms with Gasteiger partial charge in [0.05, 0.1) is 23.8 Å². The highest BCUT2D eigenvalue weighted by Gasteiger charge is 2.21. The second kappa shape index (κ2) is 11.1. The number of carbonyl (C=O) groups is 2. The third-order valence-electron chi connectivity index (χ3n) is 5.38. The van der Waals surface area contributed by atoms with Crippen LogP contribution in [0.25, 0.3) is 12.2 Å². The number of benzene rings is 1. The summed E-state index contributed by atoms with van der Waals surface area (Å²) in [7, 11) is 0. The molecule has 8 heteroatoms. The summed E-state index contributed by atoms with van der Waals surface area (Å²) in [5, 5.41) is 0. The summed E-state index contributed by atoms with van der Waals surface area (Å²) in [5.74, 6) is 0.717. The van der Waals surface area contributed by atoms with Crippen LogP contribution >= 0.6 is 11.3 Å². The Morgan fingerprint density at radius 3 is 2.44 bits per heavy atom. The topological polar surface area (TPSA) is 77.8 Å². The number of ether oxygens (including phenoxy) is 2. The van der Waals surface area contributed by atoms with Crippen LogP contribution in [0.15, 0.2) is 29.1 Å². The summed E-state index contributed by atoms with van der Waals surface area (Å²) in [5.41, 5.74) is 0.538. The van der Waals surface area contributed by atoms with Gasteiger partial charge in [0, 0.05) is 13.1 Å². The van der Waals surface area contributed by atoms with Gasteiger partial charge in [-0.05, 0) is 56.4 Å². The first-order valence-corrected chi connectivity index (χ1v) is 11.8. The molecule has 0 saturated carbocycles. The number of rotatable bonds is 7. The van der Waals surface area contributed by atoms with Gasteiger partial charge in [0.2, 0.25) is 5.91 Å². The molecule has 0 bridgehead atoms. The molecule has 0 aliphatic carbocycles. The zero-order valence-corrected chi connectivity index (χ0v) is 19.7. The fraction of sp³-hybridized carbons (Fsp3) is 0.458. The predicted octanol–water partition coefficient (Wildman–Crippen LogP) is 1.74. The Morgan fingerprint density at radius 1 is 1.12 bits per heavy atom. The normalized spacial score (nSPS) is 15.8. The third kappa shape index (κ3) is 6.09. The summed E-state index contributed by atoms with van der Waals surface area (Å²) in [4.78, 5) is 39.9. The van der Waals surface area contributed by atoms with Crippen molar-refractivity contribution in [2.75, 3.05) is 26.3 Å². The van der Waals surface area contributed by atoms with Gasteiger partial charge in [-0.25, -0.2) is 4.79 Å². The van der Waals surface area contributed by atoms with Gasteiger partial charge in [0.15, 0.2) is 0 Å². The second-order valence-corrected chi connectivity index (χ2v) is 8.86. The van der Waals surface area contributed by atoms with Crippen molar-refractivity contribution in [2.24, 2.45) is 5.92 Å². The van der Waals surface area contributed by atoms with Crippen LogP contribution in [0.2, 0.25) is 0 Å². The standard InChI is InChI=1S/C24H30N2O5S/c1-4-30-19-8-6-18(7-9-19)14-20-24(29)26(22(32-20)15-23(28)31-5-2)16-21(27)25-12-10-17(3)11-13-25/h6-9,14-15,17H,4-5,10-13,16H2,1-3H3/b20-14-,22-15-. The van der Waals surface area contributed by atoms with Crippen LogP contribution in [0, 0.1) is 5.92 Å². The van der Waals surface area contributed by atoms with Gasteiger partial charge in [-0.1, -0.05) is 19.1 Å². The Hall–Kier alpha value is -2.87. The van der Waals surface area contributed by atoms with Gasteiger partial charge in [-0.15, -0.1) is 11.3 Å². The molecule has 32 heavy (non-hydrogen) atoms. The molecular formula is C24H30N2O5S. The first kappa shape index (κ1) is 23.8. The maximum atomic E-state index is 13.1. The van der Waals surface area contributed by atoms with E-state index >= 15 is 0 Å². The van der Waals surface area contributed by atoms with Crippen molar-refractivity contribution in [2.45, 2.75) is 40.2 Å². The fourth-order valence-corrected chi connectivity index (χ4v) is 4.58. The molecule has 1 aromatic carbocycles. The lowest BCUT2D eigenvalue weighted by Gasteiger charge is -2.30. The zero-order chi connectivity index (χ0) is 23.1.